The van der Waals surface area contributed by atoms with Crippen LogP contribution in [0.4, 0.5) is 8.78 Å². The van der Waals surface area contributed by atoms with Gasteiger partial charge in [0.1, 0.15) is 0 Å². The van der Waals surface area contributed by atoms with E-state index in [4.69, 9.17) is 4.55 Å². The standard InChI is InChI=1S/C12H8F2N.C5H5NO3S.Ir/c1-8-4-5-15-12(6-8)10-3-2-9(13)7-11(10)14;7-10(8,9)5-3-1-2-4-6-5;/h2,4-7H,1H3;1-4H,(H,7,8,9);/q-1;;. The van der Waals surface area contributed by atoms with Crippen molar-refractivity contribution in [2.45, 2.75) is 11.9 Å². The molecule has 9 heteroatoms. The first-order valence-corrected chi connectivity index (χ1v) is 8.39. The van der Waals surface area contributed by atoms with Gasteiger partial charge in [0.2, 0.25) is 0 Å². The van der Waals surface area contributed by atoms with Gasteiger partial charge in [0.05, 0.1) is 0 Å². The smallest absolute Gasteiger partial charge is 0.305 e. The first-order valence-electron chi connectivity index (χ1n) is 6.95. The number of benzene rings is 1. The molecule has 139 valence electrons. The molecular formula is C17H13F2IrN2O3S-. The van der Waals surface area contributed by atoms with Gasteiger partial charge < -0.3 is 4.98 Å². The van der Waals surface area contributed by atoms with Gasteiger partial charge in [0.25, 0.3) is 0 Å². The number of nitrogens with zero attached hydrogens (tertiary/aromatic N) is 2. The number of hydrogen-bond donors (Lipinski definition) is 1. The molecule has 0 atom stereocenters. The molecule has 1 N–H and O–H groups in total. The van der Waals surface area contributed by atoms with Gasteiger partial charge >= 0.3 is 10.1 Å². The van der Waals surface area contributed by atoms with Crippen molar-refractivity contribution in [1.29, 1.82) is 0 Å². The van der Waals surface area contributed by atoms with E-state index in [2.05, 4.69) is 16.0 Å². The van der Waals surface area contributed by atoms with Gasteiger partial charge in [-0.2, -0.15) is 8.42 Å². The zero-order valence-corrected chi connectivity index (χ0v) is 16.6. The van der Waals surface area contributed by atoms with E-state index in [1.165, 1.54) is 18.3 Å². The minimum atomic E-state index is -4.11. The number of rotatable bonds is 2. The van der Waals surface area contributed by atoms with Crippen LogP contribution in [0, 0.1) is 24.6 Å². The molecule has 2 aromatic heterocycles. The van der Waals surface area contributed by atoms with Crippen LogP contribution in [0.1, 0.15) is 5.56 Å². The topological polar surface area (TPSA) is 80.2 Å². The van der Waals surface area contributed by atoms with Crippen molar-refractivity contribution < 1.29 is 41.9 Å². The molecule has 0 saturated carbocycles. The predicted octanol–water partition coefficient (Wildman–Crippen LogP) is 3.46. The maximum atomic E-state index is 13.4. The van der Waals surface area contributed by atoms with Crippen LogP contribution in [0.15, 0.2) is 59.9 Å². The van der Waals surface area contributed by atoms with Crippen molar-refractivity contribution in [3.8, 4) is 11.3 Å². The first-order chi connectivity index (χ1) is 11.8. The summed E-state index contributed by atoms with van der Waals surface area (Å²) >= 11 is 0. The molecule has 0 bridgehead atoms. The quantitative estimate of drug-likeness (QED) is 0.387. The van der Waals surface area contributed by atoms with E-state index >= 15 is 0 Å². The Labute approximate surface area is 163 Å². The van der Waals surface area contributed by atoms with Crippen LogP contribution in [0.5, 0.6) is 0 Å². The van der Waals surface area contributed by atoms with Crippen LogP contribution < -0.4 is 0 Å². The van der Waals surface area contributed by atoms with E-state index < -0.39 is 21.8 Å². The molecule has 0 fully saturated rings. The SMILES string of the molecule is Cc1ccnc(-c2[c-]cc(F)cc2F)c1.O=S(=O)(O)c1ccccn1.[Ir]. The fourth-order valence-corrected chi connectivity index (χ4v) is 2.26. The molecule has 0 aliphatic rings. The molecule has 0 spiro atoms. The normalized spacial score (nSPS) is 10.3. The zero-order chi connectivity index (χ0) is 18.4. The van der Waals surface area contributed by atoms with E-state index in [0.29, 0.717) is 5.69 Å². The Morgan fingerprint density at radius 1 is 1.08 bits per heavy atom. The van der Waals surface area contributed by atoms with Crippen LogP contribution in [0.2, 0.25) is 0 Å². The van der Waals surface area contributed by atoms with Crippen molar-refractivity contribution in [1.82, 2.24) is 9.97 Å². The summed E-state index contributed by atoms with van der Waals surface area (Å²) in [6.07, 6.45) is 2.88. The van der Waals surface area contributed by atoms with E-state index in [1.807, 2.05) is 13.0 Å². The van der Waals surface area contributed by atoms with E-state index in [0.717, 1.165) is 17.7 Å². The molecule has 1 radical (unpaired) electrons. The van der Waals surface area contributed by atoms with Crippen LogP contribution in [-0.2, 0) is 30.2 Å². The molecule has 3 aromatic rings. The second-order valence-corrected chi connectivity index (χ2v) is 6.27. The third-order valence-electron chi connectivity index (χ3n) is 2.93. The van der Waals surface area contributed by atoms with E-state index in [9.17, 15) is 17.2 Å². The molecule has 26 heavy (non-hydrogen) atoms. The Morgan fingerprint density at radius 2 is 1.81 bits per heavy atom. The van der Waals surface area contributed by atoms with Crippen LogP contribution in [0.25, 0.3) is 11.3 Å². The molecule has 1 aromatic carbocycles. The number of pyridine rings is 2. The zero-order valence-electron chi connectivity index (χ0n) is 13.4. The number of halogens is 2. The molecular weight excluding hydrogens is 542 g/mol. The maximum Gasteiger partial charge on any atom is 0.312 e. The molecule has 0 saturated heterocycles. The summed E-state index contributed by atoms with van der Waals surface area (Å²) in [6, 6.07) is 12.3. The number of hydrogen-bond acceptors (Lipinski definition) is 4. The minimum absolute atomic E-state index is 0. The van der Waals surface area contributed by atoms with Crippen LogP contribution >= 0.6 is 0 Å². The minimum Gasteiger partial charge on any atom is -0.305 e. The molecule has 0 amide bonds. The Kier molecular flexibility index (Phi) is 8.10. The summed E-state index contributed by atoms with van der Waals surface area (Å²) in [5, 5.41) is -0.324. The van der Waals surface area contributed by atoms with Crippen molar-refractivity contribution in [3.05, 3.63) is 78.1 Å². The van der Waals surface area contributed by atoms with E-state index in [1.54, 1.807) is 18.3 Å². The van der Waals surface area contributed by atoms with Gasteiger partial charge in [0, 0.05) is 44.1 Å². The second kappa shape index (κ2) is 9.59. The molecule has 5 nitrogen and oxygen atoms in total. The van der Waals surface area contributed by atoms with Crippen molar-refractivity contribution >= 4 is 10.1 Å². The Bertz CT molecular complexity index is 971. The van der Waals surface area contributed by atoms with Gasteiger partial charge in [-0.15, -0.1) is 12.1 Å². The largest absolute Gasteiger partial charge is 0.312 e. The van der Waals surface area contributed by atoms with Crippen molar-refractivity contribution in [2.75, 3.05) is 0 Å². The van der Waals surface area contributed by atoms with Crippen LogP contribution in [0.3, 0.4) is 0 Å². The van der Waals surface area contributed by atoms with Gasteiger partial charge in [-0.05, 0) is 30.8 Å². The maximum absolute atomic E-state index is 13.4. The van der Waals surface area contributed by atoms with Gasteiger partial charge in [-0.3, -0.25) is 13.3 Å². The summed E-state index contributed by atoms with van der Waals surface area (Å²) in [5.74, 6) is -1.28. The van der Waals surface area contributed by atoms with Gasteiger partial charge in [0.15, 0.2) is 5.03 Å². The van der Waals surface area contributed by atoms with Gasteiger partial charge in [-0.25, -0.2) is 4.98 Å². The average molecular weight is 556 g/mol. The van der Waals surface area contributed by atoms with Gasteiger partial charge in [-0.1, -0.05) is 29.3 Å². The fourth-order valence-electron chi connectivity index (χ4n) is 1.81. The third kappa shape index (κ3) is 6.34. The summed E-state index contributed by atoms with van der Waals surface area (Å²) in [5.41, 5.74) is 1.63. The Balaban J connectivity index is 0.000000270. The monoisotopic (exact) mass is 556 g/mol. The molecule has 3 rings (SSSR count). The first kappa shape index (κ1) is 22.0. The van der Waals surface area contributed by atoms with Crippen LogP contribution in [-0.4, -0.2) is 22.9 Å². The summed E-state index contributed by atoms with van der Waals surface area (Å²) < 4.78 is 55.1. The molecule has 0 unspecified atom stereocenters. The third-order valence-corrected chi connectivity index (χ3v) is 3.70. The predicted molar refractivity (Wildman–Crippen MR) is 87.2 cm³/mol. The second-order valence-electron chi connectivity index (χ2n) is 4.90. The van der Waals surface area contributed by atoms with E-state index in [-0.39, 0.29) is 30.7 Å². The Morgan fingerprint density at radius 3 is 2.31 bits per heavy atom. The number of aryl methyl sites for hydroxylation is 1. The average Bonchev–Trinajstić information content (AvgIpc) is 2.55. The summed E-state index contributed by atoms with van der Waals surface area (Å²) in [4.78, 5) is 7.42. The Hall–Kier alpha value is -2.06. The summed E-state index contributed by atoms with van der Waals surface area (Å²) in [6.45, 7) is 1.88. The molecule has 0 aliphatic heterocycles. The summed E-state index contributed by atoms with van der Waals surface area (Å²) in [7, 11) is -4.11. The molecule has 0 aliphatic carbocycles. The molecule has 2 heterocycles. The fraction of sp³-hybridized carbons (Fsp3) is 0.0588. The van der Waals surface area contributed by atoms with Crippen molar-refractivity contribution in [3.63, 3.8) is 0 Å². The van der Waals surface area contributed by atoms with Crippen molar-refractivity contribution in [2.24, 2.45) is 0 Å². The number of aromatic nitrogens is 2.